The molecule has 11 heteroatoms. The minimum atomic E-state index is -4.57. The van der Waals surface area contributed by atoms with Crippen molar-refractivity contribution in [3.63, 3.8) is 0 Å². The van der Waals surface area contributed by atoms with E-state index in [1.807, 2.05) is 0 Å². The van der Waals surface area contributed by atoms with Gasteiger partial charge in [0.15, 0.2) is 0 Å². The first-order valence-electron chi connectivity index (χ1n) is 11.5. The zero-order valence-corrected chi connectivity index (χ0v) is 19.1. The zero-order chi connectivity index (χ0) is 25.7. The molecule has 2 aromatic carbocycles. The zero-order valence-electron chi connectivity index (χ0n) is 19.1. The number of carbonyl (C=O) groups excluding carboxylic acids is 4. The molecular formula is C25H23F3N4O4. The predicted octanol–water partition coefficient (Wildman–Crippen LogP) is 2.00. The summed E-state index contributed by atoms with van der Waals surface area (Å²) in [6.07, 6.45) is -3.40. The fourth-order valence-corrected chi connectivity index (χ4v) is 5.19. The number of urea groups is 1. The van der Waals surface area contributed by atoms with Gasteiger partial charge in [0.1, 0.15) is 18.1 Å². The quantitative estimate of drug-likeness (QED) is 0.561. The predicted molar refractivity (Wildman–Crippen MR) is 121 cm³/mol. The van der Waals surface area contributed by atoms with Crippen molar-refractivity contribution >= 4 is 23.8 Å². The van der Waals surface area contributed by atoms with Crippen molar-refractivity contribution in [2.24, 2.45) is 0 Å². The van der Waals surface area contributed by atoms with Crippen LogP contribution in [0.3, 0.4) is 0 Å². The number of hydrogen-bond donors (Lipinski definition) is 3. The van der Waals surface area contributed by atoms with Gasteiger partial charge in [0.2, 0.25) is 5.91 Å². The van der Waals surface area contributed by atoms with E-state index in [1.54, 1.807) is 42.5 Å². The lowest BCUT2D eigenvalue weighted by Crippen LogP contribution is -2.51. The van der Waals surface area contributed by atoms with Crippen LogP contribution in [0.1, 0.15) is 39.0 Å². The van der Waals surface area contributed by atoms with Crippen molar-refractivity contribution in [3.05, 3.63) is 70.3 Å². The Morgan fingerprint density at radius 1 is 1.06 bits per heavy atom. The van der Waals surface area contributed by atoms with Crippen LogP contribution in [-0.2, 0) is 35.4 Å². The van der Waals surface area contributed by atoms with E-state index in [4.69, 9.17) is 0 Å². The van der Waals surface area contributed by atoms with Gasteiger partial charge in [-0.3, -0.25) is 19.7 Å². The van der Waals surface area contributed by atoms with E-state index in [0.29, 0.717) is 24.0 Å². The summed E-state index contributed by atoms with van der Waals surface area (Å²) in [5.41, 5.74) is 2.21. The number of alkyl halides is 3. The normalized spacial score (nSPS) is 23.5. The highest BCUT2D eigenvalue weighted by atomic mass is 19.4. The Labute approximate surface area is 204 Å². The second-order valence-corrected chi connectivity index (χ2v) is 9.46. The third-order valence-corrected chi connectivity index (χ3v) is 6.99. The van der Waals surface area contributed by atoms with Crippen LogP contribution in [0.25, 0.3) is 0 Å². The van der Waals surface area contributed by atoms with Gasteiger partial charge >= 0.3 is 12.2 Å². The number of amides is 5. The molecule has 3 aliphatic rings. The highest BCUT2D eigenvalue weighted by Gasteiger charge is 2.48. The molecule has 0 aromatic heterocycles. The lowest BCUT2D eigenvalue weighted by Gasteiger charge is -2.32. The van der Waals surface area contributed by atoms with Crippen molar-refractivity contribution in [1.82, 2.24) is 20.9 Å². The van der Waals surface area contributed by atoms with E-state index in [2.05, 4.69) is 16.0 Å². The Hall–Kier alpha value is -3.89. The molecule has 188 valence electrons. The molecule has 5 rings (SSSR count). The molecule has 0 radical (unpaired) electrons. The SMILES string of the molecule is O=C1NC(=O)C2(CCc3cc(C(=O)N[C@@H]4Cc5ccccc5CN(CC(F)(F)F)C4=O)ccc3C2)N1. The smallest absolute Gasteiger partial charge is 0.340 e. The summed E-state index contributed by atoms with van der Waals surface area (Å²) in [6, 6.07) is 10.1. The number of nitrogens with one attached hydrogen (secondary N) is 3. The summed E-state index contributed by atoms with van der Waals surface area (Å²) in [4.78, 5) is 50.7. The van der Waals surface area contributed by atoms with Gasteiger partial charge in [-0.15, -0.1) is 0 Å². The molecule has 0 bridgehead atoms. The highest BCUT2D eigenvalue weighted by molar-refractivity contribution is 6.07. The molecule has 2 atom stereocenters. The number of fused-ring (bicyclic) bond motifs is 2. The van der Waals surface area contributed by atoms with Crippen LogP contribution in [0.5, 0.6) is 0 Å². The maximum absolute atomic E-state index is 13.2. The summed E-state index contributed by atoms with van der Waals surface area (Å²) >= 11 is 0. The van der Waals surface area contributed by atoms with Crippen LogP contribution in [-0.4, -0.2) is 53.0 Å². The van der Waals surface area contributed by atoms with Crippen molar-refractivity contribution < 1.29 is 32.3 Å². The molecule has 1 unspecified atom stereocenters. The van der Waals surface area contributed by atoms with E-state index < -0.39 is 42.1 Å². The molecular weight excluding hydrogens is 477 g/mol. The summed E-state index contributed by atoms with van der Waals surface area (Å²) in [5, 5.41) is 7.58. The molecule has 36 heavy (non-hydrogen) atoms. The summed E-state index contributed by atoms with van der Waals surface area (Å²) in [7, 11) is 0. The van der Waals surface area contributed by atoms with Gasteiger partial charge in [0, 0.05) is 24.9 Å². The largest absolute Gasteiger partial charge is 0.406 e. The van der Waals surface area contributed by atoms with Crippen LogP contribution in [0, 0.1) is 0 Å². The third-order valence-electron chi connectivity index (χ3n) is 6.99. The van der Waals surface area contributed by atoms with Gasteiger partial charge in [0.05, 0.1) is 0 Å². The number of nitrogens with zero attached hydrogens (tertiary/aromatic N) is 1. The average Bonchev–Trinajstić information content (AvgIpc) is 3.01. The minimum absolute atomic E-state index is 0.0807. The standard InChI is InChI=1S/C25H23F3N4O4/c26-25(27,28)13-32-12-18-4-2-1-3-14(18)10-19(21(32)34)29-20(33)16-5-6-17-11-24(8-7-15(17)9-16)22(35)30-23(36)31-24/h1-6,9,19H,7-8,10-13H2,(H,29,33)(H2,30,31,35,36)/t19-,24?/m1/s1. The molecule has 1 fully saturated rings. The van der Waals surface area contributed by atoms with Crippen molar-refractivity contribution in [1.29, 1.82) is 0 Å². The van der Waals surface area contributed by atoms with Gasteiger partial charge in [-0.05, 0) is 47.2 Å². The van der Waals surface area contributed by atoms with Gasteiger partial charge in [-0.2, -0.15) is 13.2 Å². The summed E-state index contributed by atoms with van der Waals surface area (Å²) in [5.74, 6) is -1.75. The number of hydrogen-bond acceptors (Lipinski definition) is 4. The molecule has 3 N–H and O–H groups in total. The maximum Gasteiger partial charge on any atom is 0.406 e. The van der Waals surface area contributed by atoms with Crippen LogP contribution in [0.4, 0.5) is 18.0 Å². The average molecular weight is 500 g/mol. The van der Waals surface area contributed by atoms with Crippen molar-refractivity contribution in [2.75, 3.05) is 6.54 Å². The molecule has 2 aliphatic heterocycles. The summed E-state index contributed by atoms with van der Waals surface area (Å²) in [6.45, 7) is -1.59. The Balaban J connectivity index is 1.36. The van der Waals surface area contributed by atoms with E-state index in [1.165, 1.54) is 0 Å². The molecule has 8 nitrogen and oxygen atoms in total. The molecule has 2 heterocycles. The maximum atomic E-state index is 13.2. The number of carbonyl (C=O) groups is 4. The lowest BCUT2D eigenvalue weighted by molar-refractivity contribution is -0.163. The Bertz CT molecular complexity index is 1280. The van der Waals surface area contributed by atoms with E-state index in [-0.39, 0.29) is 30.9 Å². The third kappa shape index (κ3) is 4.52. The van der Waals surface area contributed by atoms with Gasteiger partial charge in [0.25, 0.3) is 11.8 Å². The number of aryl methyl sites for hydroxylation is 1. The molecule has 1 spiro atoms. The Morgan fingerprint density at radius 3 is 2.50 bits per heavy atom. The second kappa shape index (κ2) is 8.65. The van der Waals surface area contributed by atoms with Crippen LogP contribution in [0.15, 0.2) is 42.5 Å². The molecule has 2 aromatic rings. The number of rotatable bonds is 3. The Morgan fingerprint density at radius 2 is 1.81 bits per heavy atom. The monoisotopic (exact) mass is 500 g/mol. The highest BCUT2D eigenvalue weighted by Crippen LogP contribution is 2.32. The minimum Gasteiger partial charge on any atom is -0.340 e. The number of halogens is 3. The first kappa shape index (κ1) is 23.8. The lowest BCUT2D eigenvalue weighted by atomic mass is 9.77. The van der Waals surface area contributed by atoms with Crippen LogP contribution < -0.4 is 16.0 Å². The topological polar surface area (TPSA) is 108 Å². The van der Waals surface area contributed by atoms with Gasteiger partial charge < -0.3 is 15.5 Å². The van der Waals surface area contributed by atoms with E-state index in [9.17, 15) is 32.3 Å². The van der Waals surface area contributed by atoms with Gasteiger partial charge in [-0.25, -0.2) is 4.79 Å². The second-order valence-electron chi connectivity index (χ2n) is 9.46. The van der Waals surface area contributed by atoms with E-state index >= 15 is 0 Å². The Kier molecular flexibility index (Phi) is 5.73. The molecule has 0 saturated carbocycles. The number of benzene rings is 2. The first-order chi connectivity index (χ1) is 17.0. The molecule has 1 saturated heterocycles. The van der Waals surface area contributed by atoms with Gasteiger partial charge in [-0.1, -0.05) is 30.3 Å². The van der Waals surface area contributed by atoms with Crippen LogP contribution in [0.2, 0.25) is 0 Å². The van der Waals surface area contributed by atoms with E-state index in [0.717, 1.165) is 16.0 Å². The first-order valence-corrected chi connectivity index (χ1v) is 11.5. The van der Waals surface area contributed by atoms with Crippen LogP contribution >= 0.6 is 0 Å². The fourth-order valence-electron chi connectivity index (χ4n) is 5.19. The van der Waals surface area contributed by atoms with Crippen molar-refractivity contribution in [2.45, 2.75) is 50.0 Å². The molecule has 1 aliphatic carbocycles. The fraction of sp³-hybridized carbons (Fsp3) is 0.360. The summed E-state index contributed by atoms with van der Waals surface area (Å²) < 4.78 is 39.5. The van der Waals surface area contributed by atoms with Crippen molar-refractivity contribution in [3.8, 4) is 0 Å². The molecule has 5 amide bonds. The number of imide groups is 1.